The maximum atomic E-state index is 12.5. The number of carbonyl (C=O) groups is 2. The Morgan fingerprint density at radius 2 is 1.95 bits per heavy atom. The molecule has 2 amide bonds. The molecule has 1 aromatic rings. The molecular weight excluding hydrogens is 288 g/mol. The summed E-state index contributed by atoms with van der Waals surface area (Å²) in [4.78, 5) is 26.2. The molecule has 6 heteroatoms. The molecular formula is C15H20N2O3S. The van der Waals surface area contributed by atoms with E-state index < -0.39 is 17.6 Å². The zero-order valence-corrected chi connectivity index (χ0v) is 13.7. The topological polar surface area (TPSA) is 67.4 Å². The van der Waals surface area contributed by atoms with E-state index in [4.69, 9.17) is 4.74 Å². The van der Waals surface area contributed by atoms with Crippen molar-refractivity contribution in [1.29, 1.82) is 0 Å². The molecule has 2 heterocycles. The molecule has 2 N–H and O–H groups in total. The lowest BCUT2D eigenvalue weighted by Gasteiger charge is -2.29. The fourth-order valence-corrected chi connectivity index (χ4v) is 3.06. The number of aryl methyl sites for hydroxylation is 1. The number of allylic oxidation sites excluding steroid dienone is 1. The normalized spacial score (nSPS) is 19.1. The maximum Gasteiger partial charge on any atom is 0.338 e. The first-order valence-electron chi connectivity index (χ1n) is 6.75. The van der Waals surface area contributed by atoms with Crippen LogP contribution in [0.2, 0.25) is 0 Å². The van der Waals surface area contributed by atoms with E-state index in [1.807, 2.05) is 39.8 Å². The molecule has 0 spiro atoms. The lowest BCUT2D eigenvalue weighted by Crippen LogP contribution is -2.45. The molecule has 0 aromatic carbocycles. The Morgan fingerprint density at radius 1 is 1.29 bits per heavy atom. The molecule has 1 aromatic heterocycles. The molecule has 21 heavy (non-hydrogen) atoms. The van der Waals surface area contributed by atoms with Crippen molar-refractivity contribution in [3.63, 3.8) is 0 Å². The van der Waals surface area contributed by atoms with E-state index >= 15 is 0 Å². The summed E-state index contributed by atoms with van der Waals surface area (Å²) in [6.07, 6.45) is 0. The lowest BCUT2D eigenvalue weighted by atomic mass is 10.0. The Kier molecular flexibility index (Phi) is 4.09. The highest BCUT2D eigenvalue weighted by Crippen LogP contribution is 2.32. The number of amides is 2. The molecule has 5 nitrogen and oxygen atoms in total. The number of hydrogen-bond donors (Lipinski definition) is 2. The third-order valence-corrected chi connectivity index (χ3v) is 4.00. The Hall–Kier alpha value is -1.82. The van der Waals surface area contributed by atoms with Gasteiger partial charge in [-0.1, -0.05) is 0 Å². The van der Waals surface area contributed by atoms with Gasteiger partial charge in [-0.05, 0) is 46.8 Å². The van der Waals surface area contributed by atoms with Gasteiger partial charge in [-0.3, -0.25) is 0 Å². The highest BCUT2D eigenvalue weighted by atomic mass is 32.1. The largest absolute Gasteiger partial charge is 0.456 e. The van der Waals surface area contributed by atoms with Gasteiger partial charge in [0, 0.05) is 15.5 Å². The van der Waals surface area contributed by atoms with Gasteiger partial charge in [-0.15, -0.1) is 11.3 Å². The van der Waals surface area contributed by atoms with E-state index in [1.54, 1.807) is 18.3 Å². The van der Waals surface area contributed by atoms with E-state index in [0.717, 1.165) is 9.75 Å². The van der Waals surface area contributed by atoms with Gasteiger partial charge in [0.25, 0.3) is 0 Å². The highest BCUT2D eigenvalue weighted by molar-refractivity contribution is 7.12. The number of carbonyl (C=O) groups excluding carboxylic acids is 2. The van der Waals surface area contributed by atoms with Crippen molar-refractivity contribution < 1.29 is 14.3 Å². The lowest BCUT2D eigenvalue weighted by molar-refractivity contribution is -0.150. The third-order valence-electron chi connectivity index (χ3n) is 2.93. The SMILES string of the molecule is CC1=C(C(=O)OC(C)(C)C)C(c2ccc(C)s2)NC(=O)N1. The van der Waals surface area contributed by atoms with Crippen molar-refractivity contribution in [2.45, 2.75) is 46.3 Å². The van der Waals surface area contributed by atoms with Crippen LogP contribution in [0.5, 0.6) is 0 Å². The van der Waals surface area contributed by atoms with Crippen LogP contribution in [0, 0.1) is 6.92 Å². The monoisotopic (exact) mass is 308 g/mol. The van der Waals surface area contributed by atoms with Gasteiger partial charge < -0.3 is 15.4 Å². The standard InChI is InChI=1S/C15H20N2O3S/c1-8-6-7-10(21-8)12-11(9(2)16-14(19)17-12)13(18)20-15(3,4)5/h6-7,12H,1-5H3,(H2,16,17,19). The molecule has 1 aliphatic rings. The van der Waals surface area contributed by atoms with Crippen molar-refractivity contribution in [3.8, 4) is 0 Å². The zero-order valence-electron chi connectivity index (χ0n) is 12.9. The van der Waals surface area contributed by atoms with E-state index in [2.05, 4.69) is 10.6 Å². The summed E-state index contributed by atoms with van der Waals surface area (Å²) in [5, 5.41) is 5.43. The minimum atomic E-state index is -0.582. The smallest absolute Gasteiger partial charge is 0.338 e. The van der Waals surface area contributed by atoms with Crippen LogP contribution >= 0.6 is 11.3 Å². The van der Waals surface area contributed by atoms with Gasteiger partial charge in [-0.2, -0.15) is 0 Å². The maximum absolute atomic E-state index is 12.5. The van der Waals surface area contributed by atoms with Crippen molar-refractivity contribution in [1.82, 2.24) is 10.6 Å². The summed E-state index contributed by atoms with van der Waals surface area (Å²) in [5.74, 6) is -0.413. The summed E-state index contributed by atoms with van der Waals surface area (Å²) in [6.45, 7) is 9.16. The second-order valence-electron chi connectivity index (χ2n) is 6.02. The average molecular weight is 308 g/mol. The molecule has 0 bridgehead atoms. The summed E-state index contributed by atoms with van der Waals surface area (Å²) in [5.41, 5.74) is 0.400. The second kappa shape index (κ2) is 5.52. The van der Waals surface area contributed by atoms with Gasteiger partial charge >= 0.3 is 12.0 Å². The minimum absolute atomic E-state index is 0.309. The van der Waals surface area contributed by atoms with E-state index in [0.29, 0.717) is 11.3 Å². The molecule has 0 radical (unpaired) electrons. The highest BCUT2D eigenvalue weighted by Gasteiger charge is 2.34. The number of esters is 1. The molecule has 1 atom stereocenters. The van der Waals surface area contributed by atoms with Crippen molar-refractivity contribution in [2.75, 3.05) is 0 Å². The van der Waals surface area contributed by atoms with Crippen LogP contribution in [-0.4, -0.2) is 17.6 Å². The Bertz CT molecular complexity index is 611. The number of ether oxygens (including phenoxy) is 1. The molecule has 1 unspecified atom stereocenters. The van der Waals surface area contributed by atoms with Gasteiger partial charge in [0.15, 0.2) is 0 Å². The third kappa shape index (κ3) is 3.64. The van der Waals surface area contributed by atoms with Gasteiger partial charge in [0.2, 0.25) is 0 Å². The van der Waals surface area contributed by atoms with Crippen LogP contribution in [0.4, 0.5) is 4.79 Å². The Balaban J connectivity index is 2.39. The number of urea groups is 1. The van der Waals surface area contributed by atoms with E-state index in [1.165, 1.54) is 0 Å². The van der Waals surface area contributed by atoms with Crippen LogP contribution in [0.25, 0.3) is 0 Å². The summed E-state index contributed by atoms with van der Waals surface area (Å²) in [7, 11) is 0. The quantitative estimate of drug-likeness (QED) is 0.825. The van der Waals surface area contributed by atoms with Gasteiger partial charge in [-0.25, -0.2) is 9.59 Å². The van der Waals surface area contributed by atoms with E-state index in [9.17, 15) is 9.59 Å². The molecule has 2 rings (SSSR count). The van der Waals surface area contributed by atoms with Crippen LogP contribution < -0.4 is 10.6 Å². The van der Waals surface area contributed by atoms with Crippen LogP contribution in [0.1, 0.15) is 43.5 Å². The molecule has 0 saturated heterocycles. The number of hydrogen-bond acceptors (Lipinski definition) is 4. The molecule has 0 fully saturated rings. The Morgan fingerprint density at radius 3 is 2.48 bits per heavy atom. The fraction of sp³-hybridized carbons (Fsp3) is 0.467. The fourth-order valence-electron chi connectivity index (χ4n) is 2.12. The summed E-state index contributed by atoms with van der Waals surface area (Å²) >= 11 is 1.55. The molecule has 0 saturated carbocycles. The van der Waals surface area contributed by atoms with Gasteiger partial charge in [0.1, 0.15) is 5.60 Å². The first-order chi connectivity index (χ1) is 9.67. The minimum Gasteiger partial charge on any atom is -0.456 e. The van der Waals surface area contributed by atoms with Gasteiger partial charge in [0.05, 0.1) is 11.6 Å². The zero-order chi connectivity index (χ0) is 15.8. The van der Waals surface area contributed by atoms with Crippen LogP contribution in [-0.2, 0) is 9.53 Å². The predicted octanol–water partition coefficient (Wildman–Crippen LogP) is 3.03. The predicted molar refractivity (Wildman–Crippen MR) is 82.0 cm³/mol. The van der Waals surface area contributed by atoms with Crippen molar-refractivity contribution in [3.05, 3.63) is 33.2 Å². The summed E-state index contributed by atoms with van der Waals surface area (Å²) in [6, 6.07) is 3.12. The number of nitrogens with one attached hydrogen (secondary N) is 2. The molecule has 0 aliphatic carbocycles. The van der Waals surface area contributed by atoms with E-state index in [-0.39, 0.29) is 6.03 Å². The number of thiophene rings is 1. The molecule has 1 aliphatic heterocycles. The van der Waals surface area contributed by atoms with Crippen LogP contribution in [0.3, 0.4) is 0 Å². The molecule has 114 valence electrons. The van der Waals surface area contributed by atoms with Crippen molar-refractivity contribution in [2.24, 2.45) is 0 Å². The average Bonchev–Trinajstić information content (AvgIpc) is 2.72. The second-order valence-corrected chi connectivity index (χ2v) is 7.34. The first-order valence-corrected chi connectivity index (χ1v) is 7.57. The first kappa shape index (κ1) is 15.6. The van der Waals surface area contributed by atoms with Crippen LogP contribution in [0.15, 0.2) is 23.4 Å². The summed E-state index contributed by atoms with van der Waals surface area (Å²) < 4.78 is 5.46. The Labute approximate surface area is 128 Å². The number of rotatable bonds is 2. The van der Waals surface area contributed by atoms with Crippen molar-refractivity contribution >= 4 is 23.3 Å².